The second-order valence-electron chi connectivity index (χ2n) is 4.90. The van der Waals surface area contributed by atoms with Gasteiger partial charge in [0.2, 0.25) is 12.3 Å². The van der Waals surface area contributed by atoms with Gasteiger partial charge in [-0.3, -0.25) is 9.59 Å². The molecule has 0 aliphatic carbocycles. The first-order valence-electron chi connectivity index (χ1n) is 6.82. The molecular weight excluding hydrogens is 268 g/mol. The first kappa shape index (κ1) is 16.8. The van der Waals surface area contributed by atoms with Gasteiger partial charge in [-0.25, -0.2) is 0 Å². The van der Waals surface area contributed by atoms with Crippen molar-refractivity contribution in [3.8, 4) is 5.75 Å². The first-order chi connectivity index (χ1) is 10.1. The lowest BCUT2D eigenvalue weighted by Crippen LogP contribution is -2.34. The van der Waals surface area contributed by atoms with E-state index >= 15 is 0 Å². The molecule has 5 nitrogen and oxygen atoms in total. The zero-order valence-electron chi connectivity index (χ0n) is 12.7. The summed E-state index contributed by atoms with van der Waals surface area (Å²) in [5.41, 5.74) is 3.33. The topological polar surface area (TPSA) is 67.4 Å². The van der Waals surface area contributed by atoms with Crippen LogP contribution in [0.3, 0.4) is 0 Å². The number of nitrogens with one attached hydrogen (secondary N) is 2. The molecule has 1 aromatic carbocycles. The lowest BCUT2D eigenvalue weighted by molar-refractivity contribution is -0.122. The van der Waals surface area contributed by atoms with Crippen molar-refractivity contribution in [1.82, 2.24) is 10.6 Å². The number of hydrogen-bond acceptors (Lipinski definition) is 3. The van der Waals surface area contributed by atoms with Gasteiger partial charge < -0.3 is 15.4 Å². The normalized spacial score (nSPS) is 9.67. The summed E-state index contributed by atoms with van der Waals surface area (Å²) in [7, 11) is 1.65. The maximum absolute atomic E-state index is 11.3. The minimum absolute atomic E-state index is 0.00628. The molecule has 114 valence electrons. The third-order valence-electron chi connectivity index (χ3n) is 2.82. The SMILES string of the molecule is COc1cc(CCNC(=O)CNC=O)ccc1C=C(C)C. The Morgan fingerprint density at radius 1 is 1.33 bits per heavy atom. The molecule has 2 amide bonds. The van der Waals surface area contributed by atoms with Crippen molar-refractivity contribution >= 4 is 18.4 Å². The fraction of sp³-hybridized carbons (Fsp3) is 0.375. The van der Waals surface area contributed by atoms with Gasteiger partial charge in [0.1, 0.15) is 5.75 Å². The fourth-order valence-corrected chi connectivity index (χ4v) is 1.88. The molecule has 0 bridgehead atoms. The Kier molecular flexibility index (Phi) is 7.01. The number of amides is 2. The third kappa shape index (κ3) is 6.12. The van der Waals surface area contributed by atoms with Crippen LogP contribution in [0, 0.1) is 0 Å². The standard InChI is InChI=1S/C16H22N2O3/c1-12(2)8-14-5-4-13(9-15(14)21-3)6-7-18-16(20)10-17-11-19/h4-5,8-9,11H,6-7,10H2,1-3H3,(H,17,19)(H,18,20). The van der Waals surface area contributed by atoms with Crippen LogP contribution in [-0.2, 0) is 16.0 Å². The predicted octanol–water partition coefficient (Wildman–Crippen LogP) is 1.52. The van der Waals surface area contributed by atoms with Crippen LogP contribution in [0.15, 0.2) is 23.8 Å². The highest BCUT2D eigenvalue weighted by Gasteiger charge is 2.04. The molecule has 0 heterocycles. The lowest BCUT2D eigenvalue weighted by atomic mass is 10.1. The Balaban J connectivity index is 2.58. The molecule has 0 radical (unpaired) electrons. The van der Waals surface area contributed by atoms with Crippen LogP contribution in [0.1, 0.15) is 25.0 Å². The Morgan fingerprint density at radius 3 is 2.71 bits per heavy atom. The highest BCUT2D eigenvalue weighted by molar-refractivity contribution is 5.79. The van der Waals surface area contributed by atoms with Crippen molar-refractivity contribution in [2.45, 2.75) is 20.3 Å². The summed E-state index contributed by atoms with van der Waals surface area (Å²) in [5, 5.41) is 5.06. The van der Waals surface area contributed by atoms with Crippen molar-refractivity contribution in [2.75, 3.05) is 20.2 Å². The summed E-state index contributed by atoms with van der Waals surface area (Å²) in [6.45, 7) is 4.60. The van der Waals surface area contributed by atoms with Gasteiger partial charge in [-0.2, -0.15) is 0 Å². The van der Waals surface area contributed by atoms with E-state index in [0.29, 0.717) is 19.4 Å². The molecule has 0 saturated carbocycles. The lowest BCUT2D eigenvalue weighted by Gasteiger charge is -2.09. The summed E-state index contributed by atoms with van der Waals surface area (Å²) in [6.07, 6.45) is 3.28. The van der Waals surface area contributed by atoms with E-state index in [0.717, 1.165) is 16.9 Å². The second-order valence-corrected chi connectivity index (χ2v) is 4.90. The number of allylic oxidation sites excluding steroid dienone is 1. The molecule has 0 aliphatic rings. The Hall–Kier alpha value is -2.30. The van der Waals surface area contributed by atoms with Crippen LogP contribution in [0.4, 0.5) is 0 Å². The number of carbonyl (C=O) groups excluding carboxylic acids is 2. The monoisotopic (exact) mass is 290 g/mol. The molecule has 0 aliphatic heterocycles. The van der Waals surface area contributed by atoms with E-state index in [-0.39, 0.29) is 12.5 Å². The van der Waals surface area contributed by atoms with Crippen molar-refractivity contribution in [3.63, 3.8) is 0 Å². The molecule has 21 heavy (non-hydrogen) atoms. The van der Waals surface area contributed by atoms with Crippen molar-refractivity contribution in [2.24, 2.45) is 0 Å². The van der Waals surface area contributed by atoms with Gasteiger partial charge >= 0.3 is 0 Å². The van der Waals surface area contributed by atoms with E-state index in [1.165, 1.54) is 5.57 Å². The van der Waals surface area contributed by atoms with Crippen LogP contribution in [-0.4, -0.2) is 32.5 Å². The number of hydrogen-bond donors (Lipinski definition) is 2. The molecule has 1 aromatic rings. The van der Waals surface area contributed by atoms with Gasteiger partial charge in [0.05, 0.1) is 13.7 Å². The molecule has 2 N–H and O–H groups in total. The van der Waals surface area contributed by atoms with E-state index in [1.807, 2.05) is 32.0 Å². The molecule has 0 aromatic heterocycles. The summed E-state index contributed by atoms with van der Waals surface area (Å²) in [5.74, 6) is 0.623. The summed E-state index contributed by atoms with van der Waals surface area (Å²) < 4.78 is 5.39. The van der Waals surface area contributed by atoms with Crippen LogP contribution in [0.5, 0.6) is 5.75 Å². The maximum Gasteiger partial charge on any atom is 0.239 e. The number of rotatable bonds is 8. The maximum atomic E-state index is 11.3. The van der Waals surface area contributed by atoms with E-state index in [1.54, 1.807) is 7.11 Å². The Morgan fingerprint density at radius 2 is 2.10 bits per heavy atom. The Bertz CT molecular complexity index is 520. The molecule has 0 spiro atoms. The number of methoxy groups -OCH3 is 1. The average molecular weight is 290 g/mol. The van der Waals surface area contributed by atoms with Crippen molar-refractivity contribution in [3.05, 3.63) is 34.9 Å². The number of carbonyl (C=O) groups is 2. The summed E-state index contributed by atoms with van der Waals surface area (Å²) in [6, 6.07) is 6.01. The van der Waals surface area contributed by atoms with Gasteiger partial charge in [0.25, 0.3) is 0 Å². The highest BCUT2D eigenvalue weighted by atomic mass is 16.5. The van der Waals surface area contributed by atoms with Crippen LogP contribution in [0.25, 0.3) is 6.08 Å². The third-order valence-corrected chi connectivity index (χ3v) is 2.82. The smallest absolute Gasteiger partial charge is 0.239 e. The van der Waals surface area contributed by atoms with E-state index in [2.05, 4.69) is 16.7 Å². The molecule has 0 fully saturated rings. The zero-order valence-corrected chi connectivity index (χ0v) is 12.7. The van der Waals surface area contributed by atoms with Gasteiger partial charge in [-0.15, -0.1) is 0 Å². The van der Waals surface area contributed by atoms with E-state index in [4.69, 9.17) is 4.74 Å². The van der Waals surface area contributed by atoms with Crippen LogP contribution in [0.2, 0.25) is 0 Å². The van der Waals surface area contributed by atoms with E-state index < -0.39 is 0 Å². The minimum atomic E-state index is -0.199. The van der Waals surface area contributed by atoms with Gasteiger partial charge in [-0.05, 0) is 31.9 Å². The molecule has 5 heteroatoms. The van der Waals surface area contributed by atoms with Crippen molar-refractivity contribution in [1.29, 1.82) is 0 Å². The highest BCUT2D eigenvalue weighted by Crippen LogP contribution is 2.23. The van der Waals surface area contributed by atoms with Gasteiger partial charge in [-0.1, -0.05) is 23.8 Å². The van der Waals surface area contributed by atoms with Gasteiger partial charge in [0, 0.05) is 12.1 Å². The quantitative estimate of drug-likeness (QED) is 0.713. The summed E-state index contributed by atoms with van der Waals surface area (Å²) in [4.78, 5) is 21.4. The van der Waals surface area contributed by atoms with Crippen molar-refractivity contribution < 1.29 is 14.3 Å². The first-order valence-corrected chi connectivity index (χ1v) is 6.82. The average Bonchev–Trinajstić information content (AvgIpc) is 2.46. The second kappa shape index (κ2) is 8.79. The molecule has 0 saturated heterocycles. The zero-order chi connectivity index (χ0) is 15.7. The molecule has 1 rings (SSSR count). The number of ether oxygens (including phenoxy) is 1. The largest absolute Gasteiger partial charge is 0.496 e. The predicted molar refractivity (Wildman–Crippen MR) is 83.1 cm³/mol. The molecule has 0 unspecified atom stereocenters. The molecule has 0 atom stereocenters. The van der Waals surface area contributed by atoms with Crippen LogP contribution < -0.4 is 15.4 Å². The van der Waals surface area contributed by atoms with Crippen LogP contribution >= 0.6 is 0 Å². The molecular formula is C16H22N2O3. The summed E-state index contributed by atoms with van der Waals surface area (Å²) >= 11 is 0. The minimum Gasteiger partial charge on any atom is -0.496 e. The van der Waals surface area contributed by atoms with E-state index in [9.17, 15) is 9.59 Å². The van der Waals surface area contributed by atoms with Gasteiger partial charge in [0.15, 0.2) is 0 Å². The Labute approximate surface area is 125 Å². The fourth-order valence-electron chi connectivity index (χ4n) is 1.88. The number of benzene rings is 1.